The zero-order valence-electron chi connectivity index (χ0n) is 11.1. The molecule has 0 radical (unpaired) electrons. The van der Waals surface area contributed by atoms with Gasteiger partial charge in [-0.15, -0.1) is 0 Å². The molecule has 0 bridgehead atoms. The molecule has 3 nitrogen and oxygen atoms in total. The van der Waals surface area contributed by atoms with Gasteiger partial charge in [-0.25, -0.2) is 9.97 Å². The average molecular weight is 310 g/mol. The zero-order valence-corrected chi connectivity index (χ0v) is 12.7. The maximum absolute atomic E-state index is 4.56. The van der Waals surface area contributed by atoms with E-state index in [1.54, 1.807) is 6.33 Å². The third kappa shape index (κ3) is 2.04. The Labute approximate surface area is 117 Å². The fraction of sp³-hybridized carbons (Fsp3) is 0.714. The standard InChI is InChI=1S/C14H20BrN3/c1-14(2)8-18(7-6-12(14)15)13-10-4-3-5-11(10)16-9-17-13/h9,12H,3-8H2,1-2H3. The van der Waals surface area contributed by atoms with Gasteiger partial charge in [0.05, 0.1) is 0 Å². The summed E-state index contributed by atoms with van der Waals surface area (Å²) < 4.78 is 0. The molecule has 0 N–H and O–H groups in total. The van der Waals surface area contributed by atoms with Gasteiger partial charge >= 0.3 is 0 Å². The molecule has 3 rings (SSSR count). The highest BCUT2D eigenvalue weighted by atomic mass is 79.9. The summed E-state index contributed by atoms with van der Waals surface area (Å²) in [6, 6.07) is 0. The highest BCUT2D eigenvalue weighted by Gasteiger charge is 2.35. The van der Waals surface area contributed by atoms with Crippen molar-refractivity contribution in [3.63, 3.8) is 0 Å². The fourth-order valence-electron chi connectivity index (χ4n) is 3.13. The van der Waals surface area contributed by atoms with Gasteiger partial charge in [0, 0.05) is 29.2 Å². The molecule has 0 spiro atoms. The molecule has 98 valence electrons. The maximum atomic E-state index is 4.56. The highest BCUT2D eigenvalue weighted by Crippen LogP contribution is 2.38. The lowest BCUT2D eigenvalue weighted by atomic mass is 9.84. The first kappa shape index (κ1) is 12.4. The minimum atomic E-state index is 0.300. The van der Waals surface area contributed by atoms with Crippen molar-refractivity contribution in [2.45, 2.75) is 44.4 Å². The van der Waals surface area contributed by atoms with E-state index in [0.29, 0.717) is 10.2 Å². The molecule has 2 heterocycles. The lowest BCUT2D eigenvalue weighted by molar-refractivity contribution is 0.309. The summed E-state index contributed by atoms with van der Waals surface area (Å²) in [5.41, 5.74) is 2.98. The van der Waals surface area contributed by atoms with Crippen LogP contribution in [0.3, 0.4) is 0 Å². The van der Waals surface area contributed by atoms with Gasteiger partial charge < -0.3 is 4.90 Å². The fourth-order valence-corrected chi connectivity index (χ4v) is 3.48. The van der Waals surface area contributed by atoms with Crippen LogP contribution in [0.4, 0.5) is 5.82 Å². The summed E-state index contributed by atoms with van der Waals surface area (Å²) in [7, 11) is 0. The molecule has 1 aliphatic heterocycles. The van der Waals surface area contributed by atoms with E-state index in [1.165, 1.54) is 29.9 Å². The van der Waals surface area contributed by atoms with E-state index in [-0.39, 0.29) is 0 Å². The second-order valence-corrected chi connectivity index (χ2v) is 7.25. The van der Waals surface area contributed by atoms with Gasteiger partial charge in [0.25, 0.3) is 0 Å². The molecule has 4 heteroatoms. The van der Waals surface area contributed by atoms with Crippen molar-refractivity contribution in [1.82, 2.24) is 9.97 Å². The molecule has 0 aromatic carbocycles. The van der Waals surface area contributed by atoms with E-state index in [0.717, 1.165) is 25.9 Å². The van der Waals surface area contributed by atoms with Crippen molar-refractivity contribution < 1.29 is 0 Å². The average Bonchev–Trinajstić information content (AvgIpc) is 2.80. The van der Waals surface area contributed by atoms with Crippen LogP contribution in [0, 0.1) is 5.41 Å². The number of alkyl halides is 1. The number of aryl methyl sites for hydroxylation is 1. The number of hydrogen-bond acceptors (Lipinski definition) is 3. The van der Waals surface area contributed by atoms with E-state index in [2.05, 4.69) is 44.6 Å². The number of rotatable bonds is 1. The molecule has 1 atom stereocenters. The van der Waals surface area contributed by atoms with Gasteiger partial charge in [0.15, 0.2) is 0 Å². The quantitative estimate of drug-likeness (QED) is 0.747. The Morgan fingerprint density at radius 1 is 1.33 bits per heavy atom. The topological polar surface area (TPSA) is 29.0 Å². The zero-order chi connectivity index (χ0) is 12.8. The normalized spacial score (nSPS) is 26.2. The molecule has 2 aliphatic rings. The van der Waals surface area contributed by atoms with Crippen LogP contribution < -0.4 is 4.90 Å². The van der Waals surface area contributed by atoms with Crippen LogP contribution in [-0.4, -0.2) is 27.9 Å². The summed E-state index contributed by atoms with van der Waals surface area (Å²) in [5, 5.41) is 0. The highest BCUT2D eigenvalue weighted by molar-refractivity contribution is 9.09. The summed E-state index contributed by atoms with van der Waals surface area (Å²) in [6.07, 6.45) is 6.45. The van der Waals surface area contributed by atoms with E-state index < -0.39 is 0 Å². The number of nitrogens with zero attached hydrogens (tertiary/aromatic N) is 3. The molecule has 1 saturated heterocycles. The first-order valence-corrected chi connectivity index (χ1v) is 7.71. The monoisotopic (exact) mass is 309 g/mol. The molecule has 1 fully saturated rings. The number of piperidine rings is 1. The van der Waals surface area contributed by atoms with Crippen molar-refractivity contribution in [3.05, 3.63) is 17.6 Å². The third-order valence-electron chi connectivity index (χ3n) is 4.25. The Balaban J connectivity index is 1.90. The van der Waals surface area contributed by atoms with Crippen LogP contribution in [0.1, 0.15) is 37.9 Å². The molecule has 1 aliphatic carbocycles. The number of anilines is 1. The van der Waals surface area contributed by atoms with Crippen LogP contribution >= 0.6 is 15.9 Å². The smallest absolute Gasteiger partial charge is 0.135 e. The van der Waals surface area contributed by atoms with Gasteiger partial charge in [-0.2, -0.15) is 0 Å². The van der Waals surface area contributed by atoms with Crippen molar-refractivity contribution in [3.8, 4) is 0 Å². The minimum absolute atomic E-state index is 0.300. The summed E-state index contributed by atoms with van der Waals surface area (Å²) in [6.45, 7) is 6.84. The maximum Gasteiger partial charge on any atom is 0.135 e. The van der Waals surface area contributed by atoms with E-state index in [4.69, 9.17) is 0 Å². The second kappa shape index (κ2) is 4.48. The van der Waals surface area contributed by atoms with Gasteiger partial charge in [-0.05, 0) is 31.1 Å². The number of hydrogen-bond donors (Lipinski definition) is 0. The number of halogens is 1. The Kier molecular flexibility index (Phi) is 3.08. The molecular formula is C14H20BrN3. The van der Waals surface area contributed by atoms with E-state index in [9.17, 15) is 0 Å². The van der Waals surface area contributed by atoms with Crippen LogP contribution in [-0.2, 0) is 12.8 Å². The van der Waals surface area contributed by atoms with Gasteiger partial charge in [0.2, 0.25) is 0 Å². The van der Waals surface area contributed by atoms with Gasteiger partial charge in [0.1, 0.15) is 12.1 Å². The molecule has 1 aromatic rings. The summed E-state index contributed by atoms with van der Waals surface area (Å²) >= 11 is 3.81. The first-order chi connectivity index (χ1) is 8.58. The Morgan fingerprint density at radius 2 is 2.17 bits per heavy atom. The molecule has 1 unspecified atom stereocenters. The first-order valence-electron chi connectivity index (χ1n) is 6.80. The summed E-state index contributed by atoms with van der Waals surface area (Å²) in [4.78, 5) is 12.1. The number of fused-ring (bicyclic) bond motifs is 1. The predicted molar refractivity (Wildman–Crippen MR) is 77.4 cm³/mol. The minimum Gasteiger partial charge on any atom is -0.356 e. The lowest BCUT2D eigenvalue weighted by Crippen LogP contribution is -2.47. The summed E-state index contributed by atoms with van der Waals surface area (Å²) in [5.74, 6) is 1.20. The van der Waals surface area contributed by atoms with Gasteiger partial charge in [-0.3, -0.25) is 0 Å². The van der Waals surface area contributed by atoms with Crippen molar-refractivity contribution in [2.24, 2.45) is 5.41 Å². The second-order valence-electron chi connectivity index (χ2n) is 6.14. The molecule has 18 heavy (non-hydrogen) atoms. The van der Waals surface area contributed by atoms with Crippen molar-refractivity contribution in [2.75, 3.05) is 18.0 Å². The molecule has 0 amide bonds. The Hall–Kier alpha value is -0.640. The third-order valence-corrected chi connectivity index (χ3v) is 5.95. The molecule has 0 saturated carbocycles. The molecular weight excluding hydrogens is 290 g/mol. The van der Waals surface area contributed by atoms with Gasteiger partial charge in [-0.1, -0.05) is 29.8 Å². The Bertz CT molecular complexity index is 458. The Morgan fingerprint density at radius 3 is 2.94 bits per heavy atom. The van der Waals surface area contributed by atoms with Crippen LogP contribution in [0.5, 0.6) is 0 Å². The van der Waals surface area contributed by atoms with Crippen molar-refractivity contribution >= 4 is 21.7 Å². The van der Waals surface area contributed by atoms with E-state index >= 15 is 0 Å². The molecule has 1 aromatic heterocycles. The SMILES string of the molecule is CC1(C)CN(c2ncnc3c2CCC3)CCC1Br. The predicted octanol–water partition coefficient (Wildman–Crippen LogP) is 2.97. The largest absolute Gasteiger partial charge is 0.356 e. The van der Waals surface area contributed by atoms with Crippen LogP contribution in [0.2, 0.25) is 0 Å². The van der Waals surface area contributed by atoms with Crippen molar-refractivity contribution in [1.29, 1.82) is 0 Å². The van der Waals surface area contributed by atoms with E-state index in [1.807, 2.05) is 0 Å². The lowest BCUT2D eigenvalue weighted by Gasteiger charge is -2.42. The van der Waals surface area contributed by atoms with Crippen LogP contribution in [0.25, 0.3) is 0 Å². The number of aromatic nitrogens is 2. The van der Waals surface area contributed by atoms with Crippen LogP contribution in [0.15, 0.2) is 6.33 Å².